The third kappa shape index (κ3) is 2.53. The molecule has 0 atom stereocenters. The first-order chi connectivity index (χ1) is 8.06. The number of allylic oxidation sites excluding steroid dienone is 1. The van der Waals surface area contributed by atoms with Crippen molar-refractivity contribution in [3.63, 3.8) is 0 Å². The molecule has 0 radical (unpaired) electrons. The molecule has 0 amide bonds. The van der Waals surface area contributed by atoms with E-state index in [4.69, 9.17) is 4.42 Å². The maximum atomic E-state index is 11.7. The zero-order chi connectivity index (χ0) is 12.4. The Morgan fingerprint density at radius 2 is 2.18 bits per heavy atom. The van der Waals surface area contributed by atoms with E-state index in [-0.39, 0.29) is 5.78 Å². The average molecular weight is 230 g/mol. The van der Waals surface area contributed by atoms with Crippen molar-refractivity contribution < 1.29 is 9.21 Å². The molecule has 0 spiro atoms. The number of carbonyl (C=O) groups excluding carboxylic acids is 1. The molecule has 0 N–H and O–H groups in total. The maximum absolute atomic E-state index is 11.7. The zero-order valence-electron chi connectivity index (χ0n) is 10.1. The second-order valence-corrected chi connectivity index (χ2v) is 3.95. The van der Waals surface area contributed by atoms with E-state index >= 15 is 0 Å². The van der Waals surface area contributed by atoms with Gasteiger partial charge in [0.05, 0.1) is 5.69 Å². The lowest BCUT2D eigenvalue weighted by molar-refractivity contribution is 0.102. The number of hydrogen-bond acceptors (Lipinski definition) is 3. The highest BCUT2D eigenvalue weighted by Gasteiger charge is 2.06. The van der Waals surface area contributed by atoms with Crippen molar-refractivity contribution in [3.8, 4) is 0 Å². The molecule has 2 aromatic heterocycles. The van der Waals surface area contributed by atoms with Gasteiger partial charge in [-0.05, 0) is 38.1 Å². The molecule has 0 fully saturated rings. The number of ketones is 1. The molecular weight excluding hydrogens is 216 g/mol. The summed E-state index contributed by atoms with van der Waals surface area (Å²) < 4.78 is 6.97. The number of furan rings is 1. The smallest absolute Gasteiger partial charge is 0.221 e. The van der Waals surface area contributed by atoms with Gasteiger partial charge in [0.15, 0.2) is 5.76 Å². The molecule has 0 aliphatic heterocycles. The summed E-state index contributed by atoms with van der Waals surface area (Å²) in [5.74, 6) is 0.959. The number of rotatable bonds is 3. The first kappa shape index (κ1) is 11.4. The molecule has 0 unspecified atom stereocenters. The fourth-order valence-corrected chi connectivity index (χ4v) is 1.60. The van der Waals surface area contributed by atoms with Crippen LogP contribution in [0.15, 0.2) is 28.8 Å². The SMILES string of the molecule is Cc1ccc(C(=O)C=Cc2cn(C)nc2C)o1. The molecule has 0 aromatic carbocycles. The topological polar surface area (TPSA) is 48.0 Å². The second-order valence-electron chi connectivity index (χ2n) is 3.95. The summed E-state index contributed by atoms with van der Waals surface area (Å²) in [5, 5.41) is 4.20. The van der Waals surface area contributed by atoms with Gasteiger partial charge in [-0.2, -0.15) is 5.10 Å². The van der Waals surface area contributed by atoms with Crippen LogP contribution in [0.4, 0.5) is 0 Å². The normalized spacial score (nSPS) is 11.2. The Kier molecular flexibility index (Phi) is 2.95. The van der Waals surface area contributed by atoms with Crippen molar-refractivity contribution in [3.05, 3.63) is 47.2 Å². The molecule has 0 aliphatic rings. The predicted octanol–water partition coefficient (Wildman–Crippen LogP) is 2.53. The van der Waals surface area contributed by atoms with Crippen LogP contribution >= 0.6 is 0 Å². The Labute approximate surface area is 99.6 Å². The van der Waals surface area contributed by atoms with E-state index in [1.54, 1.807) is 22.9 Å². The summed E-state index contributed by atoms with van der Waals surface area (Å²) >= 11 is 0. The molecular formula is C13H14N2O2. The summed E-state index contributed by atoms with van der Waals surface area (Å²) in [4.78, 5) is 11.7. The van der Waals surface area contributed by atoms with Crippen LogP contribution in [0.2, 0.25) is 0 Å². The number of aromatic nitrogens is 2. The van der Waals surface area contributed by atoms with Crippen LogP contribution in [0.5, 0.6) is 0 Å². The van der Waals surface area contributed by atoms with E-state index in [9.17, 15) is 4.79 Å². The van der Waals surface area contributed by atoms with Gasteiger partial charge in [0.1, 0.15) is 5.76 Å². The Hall–Kier alpha value is -2.10. The molecule has 2 aromatic rings. The van der Waals surface area contributed by atoms with E-state index in [0.29, 0.717) is 5.76 Å². The van der Waals surface area contributed by atoms with Gasteiger partial charge in [-0.3, -0.25) is 9.48 Å². The highest BCUT2D eigenvalue weighted by Crippen LogP contribution is 2.11. The van der Waals surface area contributed by atoms with Gasteiger partial charge in [0.25, 0.3) is 0 Å². The monoisotopic (exact) mass is 230 g/mol. The van der Waals surface area contributed by atoms with Gasteiger partial charge < -0.3 is 4.42 Å². The fraction of sp³-hybridized carbons (Fsp3) is 0.231. The van der Waals surface area contributed by atoms with Gasteiger partial charge >= 0.3 is 0 Å². The van der Waals surface area contributed by atoms with Crippen LogP contribution in [-0.4, -0.2) is 15.6 Å². The van der Waals surface area contributed by atoms with Crippen LogP contribution in [0.1, 0.15) is 27.6 Å². The van der Waals surface area contributed by atoms with Gasteiger partial charge in [0.2, 0.25) is 5.78 Å². The van der Waals surface area contributed by atoms with Crippen molar-refractivity contribution in [2.45, 2.75) is 13.8 Å². The Morgan fingerprint density at radius 3 is 2.71 bits per heavy atom. The van der Waals surface area contributed by atoms with E-state index in [0.717, 1.165) is 17.0 Å². The Balaban J connectivity index is 2.16. The predicted molar refractivity (Wildman–Crippen MR) is 64.8 cm³/mol. The minimum atomic E-state index is -0.138. The molecule has 17 heavy (non-hydrogen) atoms. The third-order valence-corrected chi connectivity index (χ3v) is 2.45. The largest absolute Gasteiger partial charge is 0.458 e. The molecule has 0 saturated heterocycles. The van der Waals surface area contributed by atoms with Crippen molar-refractivity contribution in [1.82, 2.24) is 9.78 Å². The van der Waals surface area contributed by atoms with Crippen LogP contribution in [0.3, 0.4) is 0 Å². The van der Waals surface area contributed by atoms with Crippen LogP contribution in [-0.2, 0) is 7.05 Å². The zero-order valence-corrected chi connectivity index (χ0v) is 10.1. The first-order valence-electron chi connectivity index (χ1n) is 5.35. The summed E-state index contributed by atoms with van der Waals surface area (Å²) in [7, 11) is 1.85. The lowest BCUT2D eigenvalue weighted by Crippen LogP contribution is -1.90. The van der Waals surface area contributed by atoms with Crippen LogP contribution in [0.25, 0.3) is 6.08 Å². The van der Waals surface area contributed by atoms with E-state index in [1.807, 2.05) is 27.1 Å². The molecule has 0 aliphatic carbocycles. The Bertz CT molecular complexity index is 576. The molecule has 4 nitrogen and oxygen atoms in total. The minimum Gasteiger partial charge on any atom is -0.458 e. The number of nitrogens with zero attached hydrogens (tertiary/aromatic N) is 2. The Morgan fingerprint density at radius 1 is 1.41 bits per heavy atom. The highest BCUT2D eigenvalue weighted by molar-refractivity contribution is 6.04. The van der Waals surface area contributed by atoms with Crippen LogP contribution in [0, 0.1) is 13.8 Å². The summed E-state index contributed by atoms with van der Waals surface area (Å²) in [6.07, 6.45) is 5.12. The van der Waals surface area contributed by atoms with Crippen molar-refractivity contribution in [1.29, 1.82) is 0 Å². The number of hydrogen-bond donors (Lipinski definition) is 0. The summed E-state index contributed by atoms with van der Waals surface area (Å²) in [6.45, 7) is 3.72. The fourth-order valence-electron chi connectivity index (χ4n) is 1.60. The lowest BCUT2D eigenvalue weighted by Gasteiger charge is -1.89. The van der Waals surface area contributed by atoms with Crippen LogP contribution < -0.4 is 0 Å². The molecule has 0 saturated carbocycles. The van der Waals surface area contributed by atoms with E-state index in [2.05, 4.69) is 5.10 Å². The number of carbonyl (C=O) groups is 1. The highest BCUT2D eigenvalue weighted by atomic mass is 16.3. The van der Waals surface area contributed by atoms with Gasteiger partial charge in [0, 0.05) is 18.8 Å². The minimum absolute atomic E-state index is 0.138. The first-order valence-corrected chi connectivity index (χ1v) is 5.35. The van der Waals surface area contributed by atoms with E-state index in [1.165, 1.54) is 6.08 Å². The quantitative estimate of drug-likeness (QED) is 0.601. The summed E-state index contributed by atoms with van der Waals surface area (Å²) in [5.41, 5.74) is 1.83. The molecule has 0 bridgehead atoms. The third-order valence-electron chi connectivity index (χ3n) is 2.45. The van der Waals surface area contributed by atoms with Gasteiger partial charge in [-0.1, -0.05) is 0 Å². The average Bonchev–Trinajstić information content (AvgIpc) is 2.82. The van der Waals surface area contributed by atoms with Crippen molar-refractivity contribution in [2.75, 3.05) is 0 Å². The maximum Gasteiger partial charge on any atom is 0.221 e. The van der Waals surface area contributed by atoms with Crippen molar-refractivity contribution in [2.24, 2.45) is 7.05 Å². The molecule has 88 valence electrons. The summed E-state index contributed by atoms with van der Waals surface area (Å²) in [6, 6.07) is 3.45. The molecule has 2 heterocycles. The van der Waals surface area contributed by atoms with Gasteiger partial charge in [-0.25, -0.2) is 0 Å². The van der Waals surface area contributed by atoms with E-state index < -0.39 is 0 Å². The lowest BCUT2D eigenvalue weighted by atomic mass is 10.2. The van der Waals surface area contributed by atoms with Crippen molar-refractivity contribution >= 4 is 11.9 Å². The second kappa shape index (κ2) is 4.41. The molecule has 4 heteroatoms. The standard InChI is InChI=1S/C13H14N2O2/c1-9-4-7-13(17-9)12(16)6-5-11-8-15(3)14-10(11)2/h4-8H,1-3H3. The van der Waals surface area contributed by atoms with Gasteiger partial charge in [-0.15, -0.1) is 0 Å². The molecule has 2 rings (SSSR count). The number of aryl methyl sites for hydroxylation is 3.